The maximum absolute atomic E-state index is 12.3. The molecule has 0 spiro atoms. The van der Waals surface area contributed by atoms with Gasteiger partial charge in [-0.1, -0.05) is 97.2 Å². The number of carbonyl (C=O) groups excluding carboxylic acids is 6. The lowest BCUT2D eigenvalue weighted by molar-refractivity contribution is -0.141. The Morgan fingerprint density at radius 3 is 1.28 bits per heavy atom. The van der Waals surface area contributed by atoms with Crippen LogP contribution < -0.4 is 64.1 Å². The van der Waals surface area contributed by atoms with Gasteiger partial charge in [-0.25, -0.2) is 4.79 Å². The highest BCUT2D eigenvalue weighted by Gasteiger charge is 2.14. The summed E-state index contributed by atoms with van der Waals surface area (Å²) < 4.78 is 25.9. The van der Waals surface area contributed by atoms with Crippen LogP contribution in [0.25, 0.3) is 0 Å². The van der Waals surface area contributed by atoms with Crippen LogP contribution in [0, 0.1) is 0 Å². The van der Waals surface area contributed by atoms with E-state index < -0.39 is 5.97 Å². The number of amides is 4. The van der Waals surface area contributed by atoms with Gasteiger partial charge in [-0.3, -0.25) is 24.0 Å². The number of nitrogen functional groups attached to an aromatic ring is 5. The molecule has 0 unspecified atom stereocenters. The van der Waals surface area contributed by atoms with Crippen LogP contribution in [0.15, 0.2) is 241 Å². The van der Waals surface area contributed by atoms with Gasteiger partial charge in [0.05, 0.1) is 34.9 Å². The number of esters is 2. The fourth-order valence-electron chi connectivity index (χ4n) is 8.39. The van der Waals surface area contributed by atoms with E-state index in [0.717, 1.165) is 29.0 Å². The van der Waals surface area contributed by atoms with Crippen LogP contribution in [0.4, 0.5) is 51.2 Å². The molecule has 10 rings (SSSR count). The SMILES string of the molecule is CC(=O)OCCOc1c(Cl)cc(N)cc1Cl.CCCCOc1cccc(C(=O)Nc2ccc(N)cc2)c1.COC(=O)c1cccc(C(=O)Nc2ccc(N)cc2)c1.CSc1ccccc1C(=O)Nc1ccc(N)cc1.Nc1ccc(NC(=O)c2cccc(OCc3ccccc3)c2)cc1. The molecule has 10 aromatic rings. The number of halogens is 2. The van der Waals surface area contributed by atoms with Crippen molar-refractivity contribution in [2.24, 2.45) is 0 Å². The highest BCUT2D eigenvalue weighted by Crippen LogP contribution is 2.35. The lowest BCUT2D eigenvalue weighted by Gasteiger charge is -2.10. The van der Waals surface area contributed by atoms with Gasteiger partial charge in [0.1, 0.15) is 31.3 Å². The van der Waals surface area contributed by atoms with Crippen LogP contribution in [-0.2, 0) is 20.9 Å². The van der Waals surface area contributed by atoms with Gasteiger partial charge in [-0.05, 0) is 194 Å². The third-order valence-electron chi connectivity index (χ3n) is 13.4. The summed E-state index contributed by atoms with van der Waals surface area (Å²) >= 11 is 13.3. The minimum absolute atomic E-state index is 0.107. The molecular formula is C76H77Cl2N9O11S. The van der Waals surface area contributed by atoms with E-state index in [2.05, 4.69) is 32.9 Å². The predicted octanol–water partition coefficient (Wildman–Crippen LogP) is 15.9. The van der Waals surface area contributed by atoms with Gasteiger partial charge in [0.15, 0.2) is 5.75 Å². The molecule has 0 atom stereocenters. The first kappa shape index (κ1) is 76.4. The maximum atomic E-state index is 12.3. The third-order valence-corrected chi connectivity index (χ3v) is 14.8. The second-order valence-corrected chi connectivity index (χ2v) is 22.8. The molecule has 10 aromatic carbocycles. The zero-order valence-corrected chi connectivity index (χ0v) is 57.1. The molecule has 0 fully saturated rings. The molecule has 0 heterocycles. The summed E-state index contributed by atoms with van der Waals surface area (Å²) in [5.41, 5.74) is 37.4. The van der Waals surface area contributed by atoms with E-state index >= 15 is 0 Å². The summed E-state index contributed by atoms with van der Waals surface area (Å²) in [5.74, 6) is 0.100. The van der Waals surface area contributed by atoms with E-state index in [1.807, 2.05) is 79.1 Å². The number of methoxy groups -OCH3 is 1. The van der Waals surface area contributed by atoms with Crippen LogP contribution in [0.3, 0.4) is 0 Å². The van der Waals surface area contributed by atoms with E-state index in [1.54, 1.807) is 157 Å². The lowest BCUT2D eigenvalue weighted by Crippen LogP contribution is -2.13. The summed E-state index contributed by atoms with van der Waals surface area (Å²) in [6, 6.07) is 69.1. The minimum atomic E-state index is -0.480. The van der Waals surface area contributed by atoms with Crippen LogP contribution >= 0.6 is 35.0 Å². The van der Waals surface area contributed by atoms with Crippen molar-refractivity contribution in [2.45, 2.75) is 38.2 Å². The molecule has 0 aliphatic carbocycles. The van der Waals surface area contributed by atoms with E-state index in [9.17, 15) is 28.8 Å². The Labute approximate surface area is 589 Å². The van der Waals surface area contributed by atoms with Crippen molar-refractivity contribution in [2.75, 3.05) is 83.1 Å². The van der Waals surface area contributed by atoms with Gasteiger partial charge in [0.25, 0.3) is 23.6 Å². The van der Waals surface area contributed by atoms with Crippen molar-refractivity contribution < 1.29 is 52.5 Å². The van der Waals surface area contributed by atoms with Gasteiger partial charge >= 0.3 is 11.9 Å². The monoisotopic (exact) mass is 1390 g/mol. The molecule has 4 amide bonds. The average molecular weight is 1400 g/mol. The topological polar surface area (TPSA) is 327 Å². The van der Waals surface area contributed by atoms with Gasteiger partial charge in [0, 0.05) is 79.7 Å². The zero-order valence-electron chi connectivity index (χ0n) is 54.8. The summed E-state index contributed by atoms with van der Waals surface area (Å²) in [6.45, 7) is 4.89. The Hall–Kier alpha value is -11.7. The molecule has 0 radical (unpaired) electrons. The molecule has 14 N–H and O–H groups in total. The number of ether oxygens (including phenoxy) is 5. The normalized spacial score (nSPS) is 10.0. The summed E-state index contributed by atoms with van der Waals surface area (Å²) in [4.78, 5) is 71.6. The van der Waals surface area contributed by atoms with Crippen LogP contribution in [0.1, 0.15) is 84.0 Å². The first-order valence-electron chi connectivity index (χ1n) is 30.7. The van der Waals surface area contributed by atoms with Crippen molar-refractivity contribution >= 4 is 122 Å². The molecule has 23 heteroatoms. The fraction of sp³-hybridized carbons (Fsp3) is 0.132. The van der Waals surface area contributed by atoms with E-state index in [4.69, 9.17) is 70.8 Å². The first-order chi connectivity index (χ1) is 47.7. The van der Waals surface area contributed by atoms with E-state index in [1.165, 1.54) is 32.2 Å². The number of anilines is 9. The largest absolute Gasteiger partial charge is 0.494 e. The van der Waals surface area contributed by atoms with Gasteiger partial charge < -0.3 is 73.6 Å². The second-order valence-electron chi connectivity index (χ2n) is 21.1. The highest BCUT2D eigenvalue weighted by molar-refractivity contribution is 7.98. The average Bonchev–Trinajstić information content (AvgIpc) is 1.10. The lowest BCUT2D eigenvalue weighted by atomic mass is 10.1. The highest BCUT2D eigenvalue weighted by atomic mass is 35.5. The molecule has 0 saturated heterocycles. The molecule has 512 valence electrons. The molecule has 99 heavy (non-hydrogen) atoms. The van der Waals surface area contributed by atoms with Crippen molar-refractivity contribution in [1.29, 1.82) is 0 Å². The Morgan fingerprint density at radius 2 is 0.838 bits per heavy atom. The van der Waals surface area contributed by atoms with Crippen molar-refractivity contribution in [3.8, 4) is 17.2 Å². The number of benzene rings is 10. The molecule has 0 aliphatic heterocycles. The molecule has 20 nitrogen and oxygen atoms in total. The van der Waals surface area contributed by atoms with E-state index in [-0.39, 0.29) is 42.8 Å². The van der Waals surface area contributed by atoms with Crippen molar-refractivity contribution in [3.05, 3.63) is 280 Å². The zero-order chi connectivity index (χ0) is 71.5. The quantitative estimate of drug-likeness (QED) is 0.0140. The Morgan fingerprint density at radius 1 is 0.424 bits per heavy atom. The van der Waals surface area contributed by atoms with E-state index in [0.29, 0.717) is 114 Å². The number of thioether (sulfide) groups is 1. The Bertz CT molecular complexity index is 4230. The number of nitrogens with one attached hydrogen (secondary N) is 4. The first-order valence-corrected chi connectivity index (χ1v) is 32.7. The number of carbonyl (C=O) groups is 6. The van der Waals surface area contributed by atoms with Crippen molar-refractivity contribution in [1.82, 2.24) is 0 Å². The third kappa shape index (κ3) is 27.2. The molecule has 0 saturated carbocycles. The van der Waals surface area contributed by atoms with Gasteiger partial charge in [-0.2, -0.15) is 0 Å². The minimum Gasteiger partial charge on any atom is -0.494 e. The standard InChI is InChI=1S/C20H18N2O2.C17H20N2O2.C15H14N2O3.C14H14N2OS.C10H11Cl2NO3/c21-17-9-11-18(12-10-17)22-20(23)16-7-4-8-19(13-16)24-14-15-5-2-1-3-6-15;1-2-3-11-21-16-6-4-5-13(12-16)17(20)19-15-9-7-14(18)8-10-15;1-20-15(19)11-4-2-3-10(9-11)14(18)17-13-7-5-12(16)6-8-13;1-18-13-5-3-2-4-12(13)14(17)16-11-8-6-10(15)7-9-11;1-6(14)15-2-3-16-10-8(11)4-7(13)5-9(10)12/h1-13H,14,21H2,(H,22,23);4-10,12H,2-3,11,18H2,1H3,(H,19,20);2-9H,16H2,1H3,(H,17,18);2-9H,15H2,1H3,(H,16,17);4-5H,2-3,13H2,1H3. The summed E-state index contributed by atoms with van der Waals surface area (Å²) in [5, 5.41) is 11.9. The van der Waals surface area contributed by atoms with Crippen LogP contribution in [-0.4, -0.2) is 68.8 Å². The summed E-state index contributed by atoms with van der Waals surface area (Å²) in [7, 11) is 1.30. The smallest absolute Gasteiger partial charge is 0.337 e. The maximum Gasteiger partial charge on any atom is 0.337 e. The number of hydrogen-bond donors (Lipinski definition) is 9. The number of nitrogens with two attached hydrogens (primary N) is 5. The predicted molar refractivity (Wildman–Crippen MR) is 398 cm³/mol. The van der Waals surface area contributed by atoms with Gasteiger partial charge in [0.2, 0.25) is 0 Å². The van der Waals surface area contributed by atoms with Crippen LogP contribution in [0.2, 0.25) is 10.0 Å². The van der Waals surface area contributed by atoms with Gasteiger partial charge in [-0.15, -0.1) is 11.8 Å². The Balaban J connectivity index is 0.000000196. The fourth-order valence-corrected chi connectivity index (χ4v) is 9.60. The molecule has 0 aliphatic rings. The summed E-state index contributed by atoms with van der Waals surface area (Å²) in [6.07, 6.45) is 4.04. The Kier molecular flexibility index (Phi) is 31.4. The van der Waals surface area contributed by atoms with Crippen LogP contribution in [0.5, 0.6) is 17.2 Å². The van der Waals surface area contributed by atoms with Crippen molar-refractivity contribution in [3.63, 3.8) is 0 Å². The second kappa shape index (κ2) is 40.7. The molecular weight excluding hydrogens is 1320 g/mol. The molecule has 0 bridgehead atoms. The molecule has 0 aromatic heterocycles. The number of rotatable bonds is 21. The number of unbranched alkanes of at least 4 members (excludes halogenated alkanes) is 1. The number of hydrogen-bond acceptors (Lipinski definition) is 17.